The summed E-state index contributed by atoms with van der Waals surface area (Å²) in [4.78, 5) is 37.7. The first kappa shape index (κ1) is 18.4. The summed E-state index contributed by atoms with van der Waals surface area (Å²) in [5.74, 6) is -3.90. The number of aliphatic imine (C=N–C) groups is 1. The van der Waals surface area contributed by atoms with E-state index >= 15 is 0 Å². The van der Waals surface area contributed by atoms with Gasteiger partial charge in [0, 0.05) is 0 Å². The number of carbonyl (C=O) groups is 3. The van der Waals surface area contributed by atoms with Gasteiger partial charge in [-0.2, -0.15) is 4.99 Å². The zero-order chi connectivity index (χ0) is 17.4. The quantitative estimate of drug-likeness (QED) is 0.447. The van der Waals surface area contributed by atoms with E-state index in [0.717, 1.165) is 4.90 Å². The molecule has 0 aliphatic heterocycles. The fraction of sp³-hybridized carbons (Fsp3) is 0.286. The minimum absolute atomic E-state index is 0.0442. The topological polar surface area (TPSA) is 128 Å². The zero-order valence-corrected chi connectivity index (χ0v) is 12.7. The molecule has 0 saturated heterocycles. The van der Waals surface area contributed by atoms with E-state index in [1.54, 1.807) is 24.3 Å². The Hall–Kier alpha value is -2.61. The van der Waals surface area contributed by atoms with Gasteiger partial charge in [0.2, 0.25) is 0 Å². The van der Waals surface area contributed by atoms with Crippen molar-refractivity contribution in [1.29, 1.82) is 0 Å². The van der Waals surface area contributed by atoms with Crippen LogP contribution in [0, 0.1) is 0 Å². The number of hydrogen-bond donors (Lipinski definition) is 3. The molecule has 0 radical (unpaired) electrons. The predicted octanol–water partition coefficient (Wildman–Crippen LogP) is 0.888. The highest BCUT2D eigenvalue weighted by Gasteiger charge is 2.29. The fourth-order valence-electron chi connectivity index (χ4n) is 1.98. The summed E-state index contributed by atoms with van der Waals surface area (Å²) in [7, 11) is 0. The number of rotatable bonds is 9. The minimum atomic E-state index is -1.30. The van der Waals surface area contributed by atoms with Crippen molar-refractivity contribution in [3.63, 3.8) is 0 Å². The van der Waals surface area contributed by atoms with Crippen molar-refractivity contribution in [3.05, 3.63) is 29.8 Å². The second-order valence-corrected chi connectivity index (χ2v) is 4.80. The molecule has 0 spiro atoms. The van der Waals surface area contributed by atoms with E-state index in [9.17, 15) is 19.5 Å². The van der Waals surface area contributed by atoms with Gasteiger partial charge in [-0.15, -0.1) is 0 Å². The van der Waals surface area contributed by atoms with Gasteiger partial charge in [0.1, 0.15) is 6.04 Å². The Kier molecular flexibility index (Phi) is 7.01. The van der Waals surface area contributed by atoms with Crippen LogP contribution in [-0.2, 0) is 20.8 Å². The lowest BCUT2D eigenvalue weighted by Crippen LogP contribution is -2.47. The molecule has 0 bridgehead atoms. The van der Waals surface area contributed by atoms with Crippen molar-refractivity contribution in [3.8, 4) is 0 Å². The van der Waals surface area contributed by atoms with Gasteiger partial charge in [-0.25, -0.2) is 0 Å². The standard InChI is InChI=1S/C14H14N2O6S/c17-12(18)6-16(7-13(19)20)11(14(21)22)5-9-1-3-10(4-2-9)15-8-23/h1-4,11H,5-7H2,(H,17,18)(H,19,20)(H,21,22). The summed E-state index contributed by atoms with van der Waals surface area (Å²) in [6, 6.07) is 5.16. The molecule has 3 N–H and O–H groups in total. The molecular weight excluding hydrogens is 324 g/mol. The minimum Gasteiger partial charge on any atom is -0.480 e. The normalized spacial score (nSPS) is 11.5. The number of nitrogens with zero attached hydrogens (tertiary/aromatic N) is 2. The molecule has 8 nitrogen and oxygen atoms in total. The number of carboxylic acids is 3. The molecule has 1 atom stereocenters. The lowest BCUT2D eigenvalue weighted by Gasteiger charge is -2.25. The maximum absolute atomic E-state index is 11.4. The van der Waals surface area contributed by atoms with Gasteiger partial charge in [-0.1, -0.05) is 12.1 Å². The van der Waals surface area contributed by atoms with Gasteiger partial charge < -0.3 is 15.3 Å². The summed E-state index contributed by atoms with van der Waals surface area (Å²) in [6.07, 6.45) is -0.0442. The van der Waals surface area contributed by atoms with Gasteiger partial charge in [-0.3, -0.25) is 19.3 Å². The maximum atomic E-state index is 11.4. The number of thiocarbonyl (C=S) groups is 1. The van der Waals surface area contributed by atoms with Gasteiger partial charge in [-0.05, 0) is 36.3 Å². The van der Waals surface area contributed by atoms with Crippen molar-refractivity contribution >= 4 is 41.0 Å². The largest absolute Gasteiger partial charge is 0.480 e. The van der Waals surface area contributed by atoms with E-state index in [1.807, 2.05) is 0 Å². The van der Waals surface area contributed by atoms with Crippen LogP contribution in [0.5, 0.6) is 0 Å². The third-order valence-electron chi connectivity index (χ3n) is 2.94. The van der Waals surface area contributed by atoms with E-state index in [1.165, 1.54) is 0 Å². The van der Waals surface area contributed by atoms with E-state index in [2.05, 4.69) is 22.4 Å². The third-order valence-corrected chi connectivity index (χ3v) is 3.03. The summed E-state index contributed by atoms with van der Waals surface area (Å²) in [5, 5.41) is 29.2. The van der Waals surface area contributed by atoms with Crippen LogP contribution in [0.4, 0.5) is 5.69 Å². The first-order chi connectivity index (χ1) is 10.8. The number of carboxylic acid groups (broad SMARTS) is 3. The Morgan fingerprint density at radius 3 is 2.00 bits per heavy atom. The summed E-state index contributed by atoms with van der Waals surface area (Å²) in [6.45, 7) is -1.37. The first-order valence-electron chi connectivity index (χ1n) is 6.40. The molecule has 0 aromatic heterocycles. The molecule has 0 aliphatic carbocycles. The molecule has 0 aliphatic rings. The molecule has 9 heteroatoms. The van der Waals surface area contributed by atoms with E-state index in [0.29, 0.717) is 11.3 Å². The van der Waals surface area contributed by atoms with Crippen LogP contribution in [0.1, 0.15) is 5.56 Å². The average Bonchev–Trinajstić information content (AvgIpc) is 2.44. The van der Waals surface area contributed by atoms with Crippen molar-refractivity contribution in [2.75, 3.05) is 13.1 Å². The average molecular weight is 338 g/mol. The highest BCUT2D eigenvalue weighted by molar-refractivity contribution is 7.78. The van der Waals surface area contributed by atoms with E-state index in [-0.39, 0.29) is 6.42 Å². The molecule has 23 heavy (non-hydrogen) atoms. The van der Waals surface area contributed by atoms with Crippen molar-refractivity contribution in [2.24, 2.45) is 4.99 Å². The monoisotopic (exact) mass is 338 g/mol. The lowest BCUT2D eigenvalue weighted by molar-refractivity contribution is -0.149. The molecule has 0 heterocycles. The zero-order valence-electron chi connectivity index (χ0n) is 11.9. The molecular formula is C14H14N2O6S. The Bertz CT molecular complexity index is 623. The SMILES string of the molecule is O=C(O)CN(CC(=O)O)C(Cc1ccc(N=C=S)cc1)C(=O)O. The number of hydrogen-bond acceptors (Lipinski definition) is 6. The smallest absolute Gasteiger partial charge is 0.321 e. The lowest BCUT2D eigenvalue weighted by atomic mass is 10.0. The van der Waals surface area contributed by atoms with Crippen LogP contribution < -0.4 is 0 Å². The van der Waals surface area contributed by atoms with Crippen molar-refractivity contribution in [2.45, 2.75) is 12.5 Å². The molecule has 0 saturated carbocycles. The first-order valence-corrected chi connectivity index (χ1v) is 6.81. The van der Waals surface area contributed by atoms with E-state index < -0.39 is 37.0 Å². The molecule has 1 aromatic carbocycles. The fourth-order valence-corrected chi connectivity index (χ4v) is 2.08. The molecule has 1 unspecified atom stereocenters. The van der Waals surface area contributed by atoms with Crippen LogP contribution in [0.25, 0.3) is 0 Å². The molecule has 1 rings (SSSR count). The molecule has 0 amide bonds. The van der Waals surface area contributed by atoms with Gasteiger partial charge in [0.05, 0.1) is 23.9 Å². The number of benzene rings is 1. The Balaban J connectivity index is 2.98. The Labute approximate surface area is 136 Å². The van der Waals surface area contributed by atoms with Gasteiger partial charge >= 0.3 is 17.9 Å². The van der Waals surface area contributed by atoms with Gasteiger partial charge in [0.15, 0.2) is 0 Å². The molecule has 1 aromatic rings. The summed E-state index contributed by atoms with van der Waals surface area (Å²) >= 11 is 4.47. The maximum Gasteiger partial charge on any atom is 0.321 e. The van der Waals surface area contributed by atoms with Crippen LogP contribution in [0.2, 0.25) is 0 Å². The Morgan fingerprint density at radius 2 is 1.61 bits per heavy atom. The third kappa shape index (κ3) is 6.35. The molecule has 0 fully saturated rings. The van der Waals surface area contributed by atoms with E-state index in [4.69, 9.17) is 10.2 Å². The highest BCUT2D eigenvalue weighted by Crippen LogP contribution is 2.15. The second-order valence-electron chi connectivity index (χ2n) is 4.62. The van der Waals surface area contributed by atoms with Crippen LogP contribution in [-0.4, -0.2) is 62.4 Å². The van der Waals surface area contributed by atoms with Crippen LogP contribution in [0.3, 0.4) is 0 Å². The number of isothiocyanates is 1. The van der Waals surface area contributed by atoms with Crippen LogP contribution in [0.15, 0.2) is 29.3 Å². The van der Waals surface area contributed by atoms with Crippen molar-refractivity contribution in [1.82, 2.24) is 4.90 Å². The predicted molar refractivity (Wildman–Crippen MR) is 83.1 cm³/mol. The highest BCUT2D eigenvalue weighted by atomic mass is 32.1. The van der Waals surface area contributed by atoms with Crippen molar-refractivity contribution < 1.29 is 29.7 Å². The summed E-state index contributed by atoms with van der Waals surface area (Å²) < 4.78 is 0. The van der Waals surface area contributed by atoms with Gasteiger partial charge in [0.25, 0.3) is 0 Å². The second kappa shape index (κ2) is 8.74. The summed E-state index contributed by atoms with van der Waals surface area (Å²) in [5.41, 5.74) is 1.14. The van der Waals surface area contributed by atoms with Crippen LogP contribution >= 0.6 is 12.2 Å². The molecule has 122 valence electrons. The Morgan fingerprint density at radius 1 is 1.09 bits per heavy atom. The number of aliphatic carboxylic acids is 3.